The Balaban J connectivity index is 1.70. The number of hydrogen-bond donors (Lipinski definition) is 2. The maximum absolute atomic E-state index is 11.8. The van der Waals surface area contributed by atoms with E-state index in [4.69, 9.17) is 27.6 Å². The Kier molecular flexibility index (Phi) is 4.69. The maximum Gasteiger partial charge on any atom is 0.291 e. The number of nitrogens with zero attached hydrogens (tertiary/aromatic N) is 2. The van der Waals surface area contributed by atoms with Gasteiger partial charge in [0.2, 0.25) is 0 Å². The number of carbonyl (C=O) groups excluding carboxylic acids is 1. The van der Waals surface area contributed by atoms with Crippen LogP contribution in [0.25, 0.3) is 11.3 Å². The SMILES string of the molecule is Cc1cc(C(=O)NN=Cc2ccc(-c3cc(Cl)ccc3Cl)o2)n[nH]1. The van der Waals surface area contributed by atoms with Crippen molar-refractivity contribution in [1.82, 2.24) is 15.6 Å². The van der Waals surface area contributed by atoms with E-state index in [9.17, 15) is 4.79 Å². The highest BCUT2D eigenvalue weighted by atomic mass is 35.5. The molecule has 6 nitrogen and oxygen atoms in total. The molecule has 24 heavy (non-hydrogen) atoms. The molecule has 0 bridgehead atoms. The predicted octanol–water partition coefficient (Wildman–Crippen LogP) is 4.05. The number of halogens is 2. The number of carbonyl (C=O) groups is 1. The maximum atomic E-state index is 11.8. The van der Waals surface area contributed by atoms with Gasteiger partial charge in [0, 0.05) is 16.3 Å². The molecule has 0 saturated heterocycles. The molecule has 2 aromatic heterocycles. The first-order chi connectivity index (χ1) is 11.5. The van der Waals surface area contributed by atoms with Gasteiger partial charge in [-0.1, -0.05) is 23.2 Å². The van der Waals surface area contributed by atoms with E-state index in [2.05, 4.69) is 20.7 Å². The highest BCUT2D eigenvalue weighted by Gasteiger charge is 2.10. The average molecular weight is 363 g/mol. The fraction of sp³-hybridized carbons (Fsp3) is 0.0625. The Hall–Kier alpha value is -2.57. The van der Waals surface area contributed by atoms with Gasteiger partial charge in [-0.15, -0.1) is 0 Å². The van der Waals surface area contributed by atoms with Gasteiger partial charge in [-0.3, -0.25) is 9.89 Å². The van der Waals surface area contributed by atoms with Crippen LogP contribution in [0.5, 0.6) is 0 Å². The van der Waals surface area contributed by atoms with Crippen LogP contribution in [0.1, 0.15) is 21.9 Å². The zero-order valence-electron chi connectivity index (χ0n) is 12.5. The summed E-state index contributed by atoms with van der Waals surface area (Å²) in [5.41, 5.74) is 4.10. The highest BCUT2D eigenvalue weighted by Crippen LogP contribution is 2.31. The highest BCUT2D eigenvalue weighted by molar-refractivity contribution is 6.35. The van der Waals surface area contributed by atoms with Gasteiger partial charge in [0.1, 0.15) is 11.5 Å². The summed E-state index contributed by atoms with van der Waals surface area (Å²) in [6.45, 7) is 1.80. The third kappa shape index (κ3) is 3.67. The molecule has 122 valence electrons. The molecule has 0 radical (unpaired) electrons. The molecular weight excluding hydrogens is 351 g/mol. The van der Waals surface area contributed by atoms with Crippen molar-refractivity contribution < 1.29 is 9.21 Å². The minimum Gasteiger partial charge on any atom is -0.455 e. The minimum absolute atomic E-state index is 0.260. The molecule has 1 amide bonds. The number of hydrogen-bond acceptors (Lipinski definition) is 4. The molecule has 0 atom stereocenters. The van der Waals surface area contributed by atoms with Crippen molar-refractivity contribution >= 4 is 35.3 Å². The molecule has 0 unspecified atom stereocenters. The van der Waals surface area contributed by atoms with Crippen molar-refractivity contribution in [3.8, 4) is 11.3 Å². The largest absolute Gasteiger partial charge is 0.455 e. The van der Waals surface area contributed by atoms with Gasteiger partial charge in [-0.25, -0.2) is 5.43 Å². The molecule has 3 rings (SSSR count). The van der Waals surface area contributed by atoms with E-state index in [1.165, 1.54) is 6.21 Å². The quantitative estimate of drug-likeness (QED) is 0.542. The van der Waals surface area contributed by atoms with Gasteiger partial charge in [0.05, 0.1) is 11.2 Å². The van der Waals surface area contributed by atoms with E-state index in [1.54, 1.807) is 43.3 Å². The van der Waals surface area contributed by atoms with Crippen LogP contribution in [0, 0.1) is 6.92 Å². The molecule has 0 aliphatic carbocycles. The zero-order chi connectivity index (χ0) is 17.1. The fourth-order valence-electron chi connectivity index (χ4n) is 2.00. The van der Waals surface area contributed by atoms with E-state index in [1.807, 2.05) is 0 Å². The van der Waals surface area contributed by atoms with Crippen molar-refractivity contribution in [2.24, 2.45) is 5.10 Å². The van der Waals surface area contributed by atoms with Crippen molar-refractivity contribution in [2.75, 3.05) is 0 Å². The Morgan fingerprint density at radius 3 is 2.88 bits per heavy atom. The second-order valence-corrected chi connectivity index (χ2v) is 5.81. The molecule has 2 N–H and O–H groups in total. The van der Waals surface area contributed by atoms with Crippen molar-refractivity contribution in [3.63, 3.8) is 0 Å². The first-order valence-corrected chi connectivity index (χ1v) is 7.69. The number of amides is 1. The molecule has 0 fully saturated rings. The third-order valence-corrected chi connectivity index (χ3v) is 3.68. The van der Waals surface area contributed by atoms with Crippen LogP contribution in [0.4, 0.5) is 0 Å². The van der Waals surface area contributed by atoms with Gasteiger partial charge in [0.15, 0.2) is 5.69 Å². The van der Waals surface area contributed by atoms with Crippen molar-refractivity contribution in [1.29, 1.82) is 0 Å². The Labute approximate surface area is 147 Å². The Morgan fingerprint density at radius 1 is 1.29 bits per heavy atom. The number of rotatable bonds is 4. The van der Waals surface area contributed by atoms with Crippen LogP contribution in [-0.4, -0.2) is 22.3 Å². The lowest BCUT2D eigenvalue weighted by atomic mass is 10.2. The summed E-state index contributed by atoms with van der Waals surface area (Å²) in [4.78, 5) is 11.8. The summed E-state index contributed by atoms with van der Waals surface area (Å²) >= 11 is 12.1. The van der Waals surface area contributed by atoms with Crippen LogP contribution in [-0.2, 0) is 0 Å². The lowest BCUT2D eigenvalue weighted by Gasteiger charge is -2.00. The monoisotopic (exact) mass is 362 g/mol. The molecule has 0 saturated carbocycles. The minimum atomic E-state index is -0.416. The third-order valence-electron chi connectivity index (χ3n) is 3.12. The molecule has 2 heterocycles. The predicted molar refractivity (Wildman–Crippen MR) is 92.5 cm³/mol. The number of aryl methyl sites for hydroxylation is 1. The second kappa shape index (κ2) is 6.90. The van der Waals surface area contributed by atoms with Crippen LogP contribution in [0.3, 0.4) is 0 Å². The molecular formula is C16H12Cl2N4O2. The normalized spacial score (nSPS) is 11.1. The number of aromatic nitrogens is 2. The second-order valence-electron chi connectivity index (χ2n) is 4.96. The smallest absolute Gasteiger partial charge is 0.291 e. The Morgan fingerprint density at radius 2 is 2.12 bits per heavy atom. The standard InChI is InChI=1S/C16H12Cl2N4O2/c1-9-6-14(21-20-9)16(23)22-19-8-11-3-5-15(24-11)12-7-10(17)2-4-13(12)18/h2-8H,1H3,(H,20,21)(H,22,23). The van der Waals surface area contributed by atoms with E-state index in [0.717, 1.165) is 5.69 Å². The average Bonchev–Trinajstić information content (AvgIpc) is 3.19. The number of aromatic amines is 1. The first kappa shape index (κ1) is 16.3. The number of H-pyrrole nitrogens is 1. The number of benzene rings is 1. The molecule has 0 spiro atoms. The van der Waals surface area contributed by atoms with Crippen LogP contribution in [0.15, 0.2) is 45.9 Å². The lowest BCUT2D eigenvalue weighted by Crippen LogP contribution is -2.17. The fourth-order valence-corrected chi connectivity index (χ4v) is 2.38. The lowest BCUT2D eigenvalue weighted by molar-refractivity contribution is 0.0950. The van der Waals surface area contributed by atoms with Gasteiger partial charge in [-0.2, -0.15) is 10.2 Å². The summed E-state index contributed by atoms with van der Waals surface area (Å²) < 4.78 is 5.63. The number of nitrogens with one attached hydrogen (secondary N) is 2. The van der Waals surface area contributed by atoms with E-state index < -0.39 is 5.91 Å². The van der Waals surface area contributed by atoms with Gasteiger partial charge < -0.3 is 4.42 Å². The van der Waals surface area contributed by atoms with Crippen LogP contribution >= 0.6 is 23.2 Å². The van der Waals surface area contributed by atoms with Crippen LogP contribution in [0.2, 0.25) is 10.0 Å². The molecule has 8 heteroatoms. The van der Waals surface area contributed by atoms with E-state index in [0.29, 0.717) is 27.1 Å². The van der Waals surface area contributed by atoms with Gasteiger partial charge in [-0.05, 0) is 43.3 Å². The van der Waals surface area contributed by atoms with Crippen molar-refractivity contribution in [2.45, 2.75) is 6.92 Å². The molecule has 3 aromatic rings. The molecule has 0 aliphatic rings. The molecule has 0 aliphatic heterocycles. The van der Waals surface area contributed by atoms with E-state index >= 15 is 0 Å². The Bertz CT molecular complexity index is 914. The zero-order valence-corrected chi connectivity index (χ0v) is 14.0. The summed E-state index contributed by atoms with van der Waals surface area (Å²) in [5.74, 6) is 0.595. The molecule has 1 aromatic carbocycles. The number of furan rings is 1. The summed E-state index contributed by atoms with van der Waals surface area (Å²) in [7, 11) is 0. The summed E-state index contributed by atoms with van der Waals surface area (Å²) in [6, 6.07) is 10.2. The van der Waals surface area contributed by atoms with Gasteiger partial charge >= 0.3 is 0 Å². The summed E-state index contributed by atoms with van der Waals surface area (Å²) in [5, 5.41) is 11.5. The van der Waals surface area contributed by atoms with Crippen molar-refractivity contribution in [3.05, 3.63) is 63.6 Å². The van der Waals surface area contributed by atoms with Crippen LogP contribution < -0.4 is 5.43 Å². The summed E-state index contributed by atoms with van der Waals surface area (Å²) in [6.07, 6.45) is 1.39. The topological polar surface area (TPSA) is 83.3 Å². The van der Waals surface area contributed by atoms with E-state index in [-0.39, 0.29) is 5.69 Å². The van der Waals surface area contributed by atoms with Gasteiger partial charge in [0.25, 0.3) is 5.91 Å². The number of hydrazone groups is 1. The first-order valence-electron chi connectivity index (χ1n) is 6.93.